The fourth-order valence-corrected chi connectivity index (χ4v) is 2.88. The number of nitrogens with one attached hydrogen (secondary N) is 1. The highest BCUT2D eigenvalue weighted by Crippen LogP contribution is 2.40. The number of hydrogen-bond donors (Lipinski definition) is 1. The van der Waals surface area contributed by atoms with Crippen molar-refractivity contribution in [3.8, 4) is 0 Å². The summed E-state index contributed by atoms with van der Waals surface area (Å²) in [6.07, 6.45) is -2.85. The molecule has 0 bridgehead atoms. The lowest BCUT2D eigenvalue weighted by atomic mass is 9.99. The van der Waals surface area contributed by atoms with Crippen molar-refractivity contribution in [1.82, 2.24) is 15.2 Å². The van der Waals surface area contributed by atoms with Crippen molar-refractivity contribution >= 4 is 35.7 Å². The van der Waals surface area contributed by atoms with Crippen LogP contribution >= 0.6 is 24.8 Å². The molecule has 1 aliphatic heterocycles. The summed E-state index contributed by atoms with van der Waals surface area (Å²) >= 11 is 0. The molecule has 0 aliphatic carbocycles. The summed E-state index contributed by atoms with van der Waals surface area (Å²) < 4.78 is 40.9. The Morgan fingerprint density at radius 1 is 1.04 bits per heavy atom. The summed E-state index contributed by atoms with van der Waals surface area (Å²) in [5.41, 5.74) is 0.884. The SMILES string of the molecule is Cl.Cl.FC(F)(F)[C@@H](c1ccnc2ccccc12)N1CCNCC1. The first-order chi connectivity index (χ1) is 10.1. The second-order valence-corrected chi connectivity index (χ2v) is 5.15. The first kappa shape index (κ1) is 20.0. The molecular formula is C15H18Cl2F3N3. The third kappa shape index (κ3) is 4.26. The lowest BCUT2D eigenvalue weighted by molar-refractivity contribution is -0.187. The number of aromatic nitrogens is 1. The van der Waals surface area contributed by atoms with E-state index in [0.29, 0.717) is 37.1 Å². The van der Waals surface area contributed by atoms with Gasteiger partial charge in [-0.25, -0.2) is 0 Å². The van der Waals surface area contributed by atoms with Crippen molar-refractivity contribution in [2.45, 2.75) is 12.2 Å². The van der Waals surface area contributed by atoms with Crippen LogP contribution in [-0.2, 0) is 0 Å². The fraction of sp³-hybridized carbons (Fsp3) is 0.400. The van der Waals surface area contributed by atoms with Crippen molar-refractivity contribution in [1.29, 1.82) is 0 Å². The number of para-hydroxylation sites is 1. The van der Waals surface area contributed by atoms with Crippen molar-refractivity contribution in [2.75, 3.05) is 26.2 Å². The van der Waals surface area contributed by atoms with Crippen LogP contribution in [0.5, 0.6) is 0 Å². The van der Waals surface area contributed by atoms with Gasteiger partial charge in [-0.3, -0.25) is 9.88 Å². The summed E-state index contributed by atoms with van der Waals surface area (Å²) in [4.78, 5) is 5.65. The lowest BCUT2D eigenvalue weighted by Gasteiger charge is -2.36. The maximum atomic E-state index is 13.6. The molecule has 23 heavy (non-hydrogen) atoms. The van der Waals surface area contributed by atoms with Gasteiger partial charge in [0.05, 0.1) is 5.52 Å². The Morgan fingerprint density at radius 2 is 1.70 bits per heavy atom. The molecule has 1 saturated heterocycles. The zero-order valence-electron chi connectivity index (χ0n) is 12.2. The number of hydrogen-bond acceptors (Lipinski definition) is 3. The van der Waals surface area contributed by atoms with Crippen LogP contribution in [0.25, 0.3) is 10.9 Å². The molecule has 1 aromatic heterocycles. The average Bonchev–Trinajstić information content (AvgIpc) is 2.47. The zero-order chi connectivity index (χ0) is 14.9. The molecule has 1 N–H and O–H groups in total. The van der Waals surface area contributed by atoms with Gasteiger partial charge in [-0.2, -0.15) is 13.2 Å². The van der Waals surface area contributed by atoms with Crippen LogP contribution in [0.2, 0.25) is 0 Å². The summed E-state index contributed by atoms with van der Waals surface area (Å²) in [6.45, 7) is 1.94. The number of alkyl halides is 3. The first-order valence-corrected chi connectivity index (χ1v) is 6.92. The molecule has 3 nitrogen and oxygen atoms in total. The number of halogens is 5. The van der Waals surface area contributed by atoms with Crippen molar-refractivity contribution in [3.05, 3.63) is 42.1 Å². The number of rotatable bonds is 2. The molecule has 2 heterocycles. The van der Waals surface area contributed by atoms with Gasteiger partial charge in [0.25, 0.3) is 0 Å². The summed E-state index contributed by atoms with van der Waals surface area (Å²) in [7, 11) is 0. The number of fused-ring (bicyclic) bond motifs is 1. The zero-order valence-corrected chi connectivity index (χ0v) is 13.8. The van der Waals surface area contributed by atoms with E-state index in [9.17, 15) is 13.2 Å². The molecule has 0 radical (unpaired) electrons. The maximum absolute atomic E-state index is 13.6. The Bertz CT molecular complexity index is 625. The Hall–Kier alpha value is -1.08. The Labute approximate surface area is 145 Å². The van der Waals surface area contributed by atoms with Gasteiger partial charge in [0, 0.05) is 37.8 Å². The van der Waals surface area contributed by atoms with Crippen LogP contribution < -0.4 is 5.32 Å². The topological polar surface area (TPSA) is 28.2 Å². The van der Waals surface area contributed by atoms with Gasteiger partial charge >= 0.3 is 6.18 Å². The fourth-order valence-electron chi connectivity index (χ4n) is 2.88. The van der Waals surface area contributed by atoms with E-state index in [1.165, 1.54) is 17.2 Å². The van der Waals surface area contributed by atoms with Crippen molar-refractivity contribution in [2.24, 2.45) is 0 Å². The minimum atomic E-state index is -4.30. The highest BCUT2D eigenvalue weighted by atomic mass is 35.5. The summed E-state index contributed by atoms with van der Waals surface area (Å²) in [6, 6.07) is 6.89. The largest absolute Gasteiger partial charge is 0.408 e. The minimum Gasteiger partial charge on any atom is -0.314 e. The molecule has 1 fully saturated rings. The molecule has 0 amide bonds. The average molecular weight is 368 g/mol. The second-order valence-electron chi connectivity index (χ2n) is 5.15. The predicted octanol–water partition coefficient (Wildman–Crippen LogP) is 3.59. The van der Waals surface area contributed by atoms with Gasteiger partial charge in [0.15, 0.2) is 0 Å². The lowest BCUT2D eigenvalue weighted by Crippen LogP contribution is -2.49. The van der Waals surface area contributed by atoms with E-state index >= 15 is 0 Å². The Morgan fingerprint density at radius 3 is 2.35 bits per heavy atom. The van der Waals surface area contributed by atoms with Gasteiger partial charge in [-0.05, 0) is 17.7 Å². The van der Waals surface area contributed by atoms with Gasteiger partial charge in [-0.1, -0.05) is 18.2 Å². The molecule has 0 unspecified atom stereocenters. The molecule has 8 heteroatoms. The molecule has 1 aliphatic rings. The monoisotopic (exact) mass is 367 g/mol. The third-order valence-electron chi connectivity index (χ3n) is 3.80. The van der Waals surface area contributed by atoms with Crippen LogP contribution in [0.15, 0.2) is 36.5 Å². The number of nitrogens with zero attached hydrogens (tertiary/aromatic N) is 2. The predicted molar refractivity (Wildman–Crippen MR) is 89.5 cm³/mol. The summed E-state index contributed by atoms with van der Waals surface area (Å²) in [5.74, 6) is 0. The smallest absolute Gasteiger partial charge is 0.314 e. The standard InChI is InChI=1S/C15H16F3N3.2ClH/c16-15(17,18)14(21-9-7-19-8-10-21)12-5-6-20-13-4-2-1-3-11(12)13;;/h1-6,14,19H,7-10H2;2*1H/t14-;;/m1../s1. The van der Waals surface area contributed by atoms with Crippen LogP contribution in [0, 0.1) is 0 Å². The number of pyridine rings is 1. The molecule has 1 aromatic carbocycles. The molecule has 0 saturated carbocycles. The van der Waals surface area contributed by atoms with Crippen molar-refractivity contribution < 1.29 is 13.2 Å². The van der Waals surface area contributed by atoms with E-state index in [1.54, 1.807) is 24.3 Å². The van der Waals surface area contributed by atoms with Gasteiger partial charge in [0.1, 0.15) is 6.04 Å². The molecule has 128 valence electrons. The van der Waals surface area contributed by atoms with Gasteiger partial charge in [-0.15, -0.1) is 24.8 Å². The molecule has 2 aromatic rings. The van der Waals surface area contributed by atoms with Crippen LogP contribution in [0.1, 0.15) is 11.6 Å². The van der Waals surface area contributed by atoms with Crippen LogP contribution in [-0.4, -0.2) is 42.2 Å². The van der Waals surface area contributed by atoms with Crippen LogP contribution in [0.4, 0.5) is 13.2 Å². The number of benzene rings is 1. The van der Waals surface area contributed by atoms with E-state index in [4.69, 9.17) is 0 Å². The van der Waals surface area contributed by atoms with Gasteiger partial charge < -0.3 is 5.32 Å². The Kier molecular flexibility index (Phi) is 7.07. The first-order valence-electron chi connectivity index (χ1n) is 6.92. The third-order valence-corrected chi connectivity index (χ3v) is 3.80. The highest BCUT2D eigenvalue weighted by molar-refractivity contribution is 5.85. The Balaban J connectivity index is 0.00000132. The number of piperazine rings is 1. The quantitative estimate of drug-likeness (QED) is 0.878. The van der Waals surface area contributed by atoms with Gasteiger partial charge in [0.2, 0.25) is 0 Å². The van der Waals surface area contributed by atoms with E-state index in [1.807, 2.05) is 0 Å². The van der Waals surface area contributed by atoms with Crippen molar-refractivity contribution in [3.63, 3.8) is 0 Å². The van der Waals surface area contributed by atoms with E-state index in [0.717, 1.165) is 0 Å². The normalized spacial score (nSPS) is 17.2. The highest BCUT2D eigenvalue weighted by Gasteiger charge is 2.45. The second kappa shape index (κ2) is 8.15. The molecule has 0 spiro atoms. The van der Waals surface area contributed by atoms with Crippen LogP contribution in [0.3, 0.4) is 0 Å². The molecule has 3 rings (SSSR count). The van der Waals surface area contributed by atoms with E-state index in [-0.39, 0.29) is 30.4 Å². The molecular weight excluding hydrogens is 350 g/mol. The molecule has 1 atom stereocenters. The van der Waals surface area contributed by atoms with E-state index in [2.05, 4.69) is 10.3 Å². The summed E-state index contributed by atoms with van der Waals surface area (Å²) in [5, 5.41) is 3.66. The maximum Gasteiger partial charge on any atom is 0.408 e. The van der Waals surface area contributed by atoms with E-state index < -0.39 is 12.2 Å². The minimum absolute atomic E-state index is 0.